The normalized spacial score (nSPS) is 23.6. The van der Waals surface area contributed by atoms with Crippen LogP contribution in [0.2, 0.25) is 0 Å². The van der Waals surface area contributed by atoms with Gasteiger partial charge in [-0.15, -0.1) is 0 Å². The Kier molecular flexibility index (Phi) is 5.99. The number of rotatable bonds is 7. The van der Waals surface area contributed by atoms with Gasteiger partial charge < -0.3 is 15.2 Å². The van der Waals surface area contributed by atoms with Gasteiger partial charge in [-0.05, 0) is 42.0 Å². The number of carbonyl (C=O) groups is 1. The van der Waals surface area contributed by atoms with E-state index in [2.05, 4.69) is 28.3 Å². The van der Waals surface area contributed by atoms with E-state index in [0.29, 0.717) is 6.42 Å². The SMILES string of the molecule is CSCC[C@@H](CO)NC(=O)C1CC(c2ccc3c(c2)CCO3)NN1. The third-order valence-electron chi connectivity index (χ3n) is 4.57. The summed E-state index contributed by atoms with van der Waals surface area (Å²) in [6.45, 7) is 0.722. The predicted molar refractivity (Wildman–Crippen MR) is 95.1 cm³/mol. The molecule has 0 bridgehead atoms. The Balaban J connectivity index is 1.55. The molecule has 1 aromatic rings. The van der Waals surface area contributed by atoms with Gasteiger partial charge in [0.05, 0.1) is 19.3 Å². The van der Waals surface area contributed by atoms with Crippen LogP contribution in [0.5, 0.6) is 5.75 Å². The van der Waals surface area contributed by atoms with Crippen LogP contribution in [0.1, 0.15) is 30.0 Å². The van der Waals surface area contributed by atoms with Gasteiger partial charge in [-0.2, -0.15) is 11.8 Å². The number of ether oxygens (including phenoxy) is 1. The number of carbonyl (C=O) groups excluding carboxylic acids is 1. The maximum absolute atomic E-state index is 12.4. The van der Waals surface area contributed by atoms with Crippen LogP contribution in [-0.4, -0.2) is 48.3 Å². The van der Waals surface area contributed by atoms with Crippen molar-refractivity contribution in [3.63, 3.8) is 0 Å². The van der Waals surface area contributed by atoms with Gasteiger partial charge in [-0.1, -0.05) is 12.1 Å². The number of hydrogen-bond donors (Lipinski definition) is 4. The number of hydrogen-bond acceptors (Lipinski definition) is 6. The second kappa shape index (κ2) is 8.20. The van der Waals surface area contributed by atoms with Crippen LogP contribution in [0.3, 0.4) is 0 Å². The summed E-state index contributed by atoms with van der Waals surface area (Å²) in [6, 6.07) is 5.86. The molecule has 1 aromatic carbocycles. The zero-order valence-electron chi connectivity index (χ0n) is 13.9. The van der Waals surface area contributed by atoms with Crippen LogP contribution >= 0.6 is 11.8 Å². The van der Waals surface area contributed by atoms with Gasteiger partial charge >= 0.3 is 0 Å². The molecule has 132 valence electrons. The van der Waals surface area contributed by atoms with E-state index in [4.69, 9.17) is 4.74 Å². The third kappa shape index (κ3) is 4.03. The van der Waals surface area contributed by atoms with E-state index >= 15 is 0 Å². The van der Waals surface area contributed by atoms with Gasteiger partial charge in [0.25, 0.3) is 0 Å². The molecule has 2 unspecified atom stereocenters. The van der Waals surface area contributed by atoms with Gasteiger partial charge in [0.1, 0.15) is 11.8 Å². The lowest BCUT2D eigenvalue weighted by atomic mass is 9.99. The van der Waals surface area contributed by atoms with Crippen LogP contribution in [0.25, 0.3) is 0 Å². The molecule has 3 atom stereocenters. The number of hydrazine groups is 1. The van der Waals surface area contributed by atoms with E-state index in [1.807, 2.05) is 12.3 Å². The summed E-state index contributed by atoms with van der Waals surface area (Å²) >= 11 is 1.71. The molecule has 0 aromatic heterocycles. The van der Waals surface area contributed by atoms with Crippen molar-refractivity contribution in [1.29, 1.82) is 0 Å². The molecule has 1 amide bonds. The lowest BCUT2D eigenvalue weighted by molar-refractivity contribution is -0.123. The van der Waals surface area contributed by atoms with Crippen molar-refractivity contribution >= 4 is 17.7 Å². The minimum atomic E-state index is -0.289. The Labute approximate surface area is 146 Å². The summed E-state index contributed by atoms with van der Waals surface area (Å²) in [7, 11) is 0. The van der Waals surface area contributed by atoms with Crippen LogP contribution < -0.4 is 20.9 Å². The molecule has 2 aliphatic rings. The molecule has 0 saturated carbocycles. The molecular weight excluding hydrogens is 326 g/mol. The van der Waals surface area contributed by atoms with E-state index in [0.717, 1.165) is 31.0 Å². The zero-order chi connectivity index (χ0) is 16.9. The highest BCUT2D eigenvalue weighted by molar-refractivity contribution is 7.98. The van der Waals surface area contributed by atoms with Crippen molar-refractivity contribution in [2.45, 2.75) is 37.4 Å². The quantitative estimate of drug-likeness (QED) is 0.581. The molecule has 24 heavy (non-hydrogen) atoms. The molecular formula is C17H25N3O3S. The number of benzene rings is 1. The molecule has 7 heteroatoms. The highest BCUT2D eigenvalue weighted by atomic mass is 32.2. The largest absolute Gasteiger partial charge is 0.493 e. The summed E-state index contributed by atoms with van der Waals surface area (Å²) in [4.78, 5) is 12.4. The van der Waals surface area contributed by atoms with Crippen molar-refractivity contribution in [2.24, 2.45) is 0 Å². The second-order valence-corrected chi connectivity index (χ2v) is 7.25. The number of thioether (sulfide) groups is 1. The molecule has 1 saturated heterocycles. The number of aliphatic hydroxyl groups excluding tert-OH is 1. The van der Waals surface area contributed by atoms with Crippen LogP contribution in [0, 0.1) is 0 Å². The van der Waals surface area contributed by atoms with Gasteiger partial charge in [0, 0.05) is 12.5 Å². The fourth-order valence-corrected chi connectivity index (χ4v) is 3.66. The molecule has 1 fully saturated rings. The summed E-state index contributed by atoms with van der Waals surface area (Å²) in [5.41, 5.74) is 8.69. The maximum Gasteiger partial charge on any atom is 0.238 e. The highest BCUT2D eigenvalue weighted by Crippen LogP contribution is 2.30. The Morgan fingerprint density at radius 2 is 2.38 bits per heavy atom. The predicted octanol–water partition coefficient (Wildman–Crippen LogP) is 0.759. The number of nitrogens with one attached hydrogen (secondary N) is 3. The fraction of sp³-hybridized carbons (Fsp3) is 0.588. The monoisotopic (exact) mass is 351 g/mol. The van der Waals surface area contributed by atoms with E-state index in [1.165, 1.54) is 11.1 Å². The summed E-state index contributed by atoms with van der Waals surface area (Å²) in [5, 5.41) is 12.3. The minimum Gasteiger partial charge on any atom is -0.493 e. The minimum absolute atomic E-state index is 0.0271. The first-order valence-electron chi connectivity index (χ1n) is 8.38. The Morgan fingerprint density at radius 1 is 1.50 bits per heavy atom. The van der Waals surface area contributed by atoms with Crippen molar-refractivity contribution in [1.82, 2.24) is 16.2 Å². The van der Waals surface area contributed by atoms with Crippen LogP contribution in [0.4, 0.5) is 0 Å². The first-order chi connectivity index (χ1) is 11.7. The number of aliphatic hydroxyl groups is 1. The average molecular weight is 351 g/mol. The number of amides is 1. The topological polar surface area (TPSA) is 82.6 Å². The Bertz CT molecular complexity index is 584. The zero-order valence-corrected chi connectivity index (χ0v) is 14.7. The van der Waals surface area contributed by atoms with Crippen molar-refractivity contribution in [3.05, 3.63) is 29.3 Å². The van der Waals surface area contributed by atoms with E-state index in [9.17, 15) is 9.90 Å². The standard InChI is InChI=1S/C17H25N3O3S/c1-24-7-5-13(10-21)18-17(22)15-9-14(19-20-15)11-2-3-16-12(8-11)4-6-23-16/h2-3,8,13-15,19-21H,4-7,9-10H2,1H3,(H,18,22)/t13-,14?,15?/m0/s1. The lowest BCUT2D eigenvalue weighted by Crippen LogP contribution is -2.48. The van der Waals surface area contributed by atoms with Crippen LogP contribution in [0.15, 0.2) is 18.2 Å². The molecule has 0 aliphatic carbocycles. The Morgan fingerprint density at radius 3 is 3.17 bits per heavy atom. The Hall–Kier alpha value is -1.28. The second-order valence-electron chi connectivity index (χ2n) is 6.26. The van der Waals surface area contributed by atoms with E-state index < -0.39 is 0 Å². The van der Waals surface area contributed by atoms with Crippen LogP contribution in [-0.2, 0) is 11.2 Å². The summed E-state index contributed by atoms with van der Waals surface area (Å²) < 4.78 is 5.54. The average Bonchev–Trinajstić information content (AvgIpc) is 3.26. The molecule has 2 heterocycles. The van der Waals surface area contributed by atoms with Crippen molar-refractivity contribution in [3.8, 4) is 5.75 Å². The number of fused-ring (bicyclic) bond motifs is 1. The van der Waals surface area contributed by atoms with Crippen molar-refractivity contribution in [2.75, 3.05) is 25.2 Å². The first kappa shape index (κ1) is 17.5. The van der Waals surface area contributed by atoms with Gasteiger partial charge in [-0.25, -0.2) is 10.9 Å². The molecule has 4 N–H and O–H groups in total. The molecule has 3 rings (SSSR count). The molecule has 2 aliphatic heterocycles. The third-order valence-corrected chi connectivity index (χ3v) is 5.22. The first-order valence-corrected chi connectivity index (χ1v) is 9.77. The smallest absolute Gasteiger partial charge is 0.238 e. The fourth-order valence-electron chi connectivity index (χ4n) is 3.14. The molecule has 0 spiro atoms. The van der Waals surface area contributed by atoms with Gasteiger partial charge in [0.15, 0.2) is 0 Å². The maximum atomic E-state index is 12.4. The van der Waals surface area contributed by atoms with E-state index in [-0.39, 0.29) is 30.6 Å². The molecule has 6 nitrogen and oxygen atoms in total. The van der Waals surface area contributed by atoms with Crippen molar-refractivity contribution < 1.29 is 14.6 Å². The summed E-state index contributed by atoms with van der Waals surface area (Å²) in [5.74, 6) is 1.83. The van der Waals surface area contributed by atoms with Gasteiger partial charge in [-0.3, -0.25) is 4.79 Å². The lowest BCUT2D eigenvalue weighted by Gasteiger charge is -2.18. The highest BCUT2D eigenvalue weighted by Gasteiger charge is 2.31. The summed E-state index contributed by atoms with van der Waals surface area (Å²) in [6.07, 6.45) is 4.43. The van der Waals surface area contributed by atoms with Gasteiger partial charge in [0.2, 0.25) is 5.91 Å². The molecule has 0 radical (unpaired) electrons. The van der Waals surface area contributed by atoms with E-state index in [1.54, 1.807) is 11.8 Å².